The highest BCUT2D eigenvalue weighted by atomic mass is 16.7. The minimum absolute atomic E-state index is 0.234. The molecule has 1 unspecified atom stereocenters. The largest absolute Gasteiger partial charge is 0.417 e. The van der Waals surface area contributed by atoms with Gasteiger partial charge in [0.1, 0.15) is 6.61 Å². The van der Waals surface area contributed by atoms with Gasteiger partial charge in [0, 0.05) is 6.42 Å². The Balaban J connectivity index is 3.20. The third kappa shape index (κ3) is 18.0. The van der Waals surface area contributed by atoms with Gasteiger partial charge >= 0.3 is 5.97 Å². The number of nitrogens with two attached hydrogens (primary N) is 1. The number of aliphatic hydroxyl groups is 2. The van der Waals surface area contributed by atoms with E-state index in [2.05, 4.69) is 11.7 Å². The Kier molecular flexibility index (Phi) is 16.4. The smallest absolute Gasteiger partial charge is 0.309 e. The lowest BCUT2D eigenvalue weighted by Gasteiger charge is -2.19. The lowest BCUT2D eigenvalue weighted by molar-refractivity contribution is -0.220. The molecule has 5 nitrogen and oxygen atoms in total. The molecular weight excluding hydrogens is 318 g/mol. The van der Waals surface area contributed by atoms with Crippen molar-refractivity contribution in [3.8, 4) is 0 Å². The van der Waals surface area contributed by atoms with Gasteiger partial charge in [0.25, 0.3) is 5.91 Å². The van der Waals surface area contributed by atoms with E-state index in [0.717, 1.165) is 19.3 Å². The zero-order valence-electron chi connectivity index (χ0n) is 16.3. The summed E-state index contributed by atoms with van der Waals surface area (Å²) >= 11 is 0. The maximum Gasteiger partial charge on any atom is 0.309 e. The molecule has 1 atom stereocenters. The fourth-order valence-electron chi connectivity index (χ4n) is 2.92. The SMILES string of the molecule is CCCCCCCCCCCCCCCCCC(=O)OC(N)(O)CO. The summed E-state index contributed by atoms with van der Waals surface area (Å²) in [6.07, 6.45) is 19.3. The molecule has 0 heterocycles. The highest BCUT2D eigenvalue weighted by molar-refractivity contribution is 5.69. The van der Waals surface area contributed by atoms with Crippen LogP contribution in [0.2, 0.25) is 0 Å². The average Bonchev–Trinajstić information content (AvgIpc) is 2.58. The second-order valence-corrected chi connectivity index (χ2v) is 7.18. The van der Waals surface area contributed by atoms with Crippen LogP contribution in [-0.2, 0) is 9.53 Å². The molecule has 0 rings (SSSR count). The minimum atomic E-state index is -2.24. The van der Waals surface area contributed by atoms with Gasteiger partial charge in [0.2, 0.25) is 0 Å². The normalized spacial score (nSPS) is 13.6. The van der Waals surface area contributed by atoms with Crippen LogP contribution in [0.1, 0.15) is 110 Å². The van der Waals surface area contributed by atoms with Crippen LogP contribution < -0.4 is 5.73 Å². The molecule has 0 aliphatic rings. The average molecular weight is 360 g/mol. The molecule has 0 amide bonds. The summed E-state index contributed by atoms with van der Waals surface area (Å²) in [5.74, 6) is -2.80. The molecule has 25 heavy (non-hydrogen) atoms. The van der Waals surface area contributed by atoms with Crippen LogP contribution in [-0.4, -0.2) is 28.7 Å². The summed E-state index contributed by atoms with van der Waals surface area (Å²) in [6.45, 7) is 1.46. The first-order chi connectivity index (χ1) is 12.0. The number of rotatable bonds is 18. The molecule has 0 fully saturated rings. The number of hydrogen-bond acceptors (Lipinski definition) is 5. The molecule has 0 saturated heterocycles. The van der Waals surface area contributed by atoms with Crippen LogP contribution in [0.4, 0.5) is 0 Å². The quantitative estimate of drug-likeness (QED) is 0.192. The van der Waals surface area contributed by atoms with Crippen LogP contribution in [0, 0.1) is 0 Å². The molecule has 0 aromatic rings. The number of carbonyl (C=O) groups excluding carboxylic acids is 1. The van der Waals surface area contributed by atoms with E-state index in [-0.39, 0.29) is 6.42 Å². The minimum Gasteiger partial charge on any atom is -0.417 e. The Morgan fingerprint density at radius 2 is 1.16 bits per heavy atom. The van der Waals surface area contributed by atoms with Crippen LogP contribution >= 0.6 is 0 Å². The molecular formula is C20H41NO4. The second-order valence-electron chi connectivity index (χ2n) is 7.18. The van der Waals surface area contributed by atoms with Gasteiger partial charge in [-0.1, -0.05) is 96.8 Å². The van der Waals surface area contributed by atoms with Gasteiger partial charge in [-0.15, -0.1) is 0 Å². The van der Waals surface area contributed by atoms with Crippen molar-refractivity contribution >= 4 is 5.97 Å². The highest BCUT2D eigenvalue weighted by Crippen LogP contribution is 2.14. The third-order valence-corrected chi connectivity index (χ3v) is 4.50. The van der Waals surface area contributed by atoms with Gasteiger partial charge < -0.3 is 14.9 Å². The summed E-state index contributed by atoms with van der Waals surface area (Å²) in [5.41, 5.74) is 5.14. The number of aliphatic hydroxyl groups excluding tert-OH is 1. The molecule has 0 radical (unpaired) electrons. The van der Waals surface area contributed by atoms with E-state index < -0.39 is 18.5 Å². The van der Waals surface area contributed by atoms with Crippen LogP contribution in [0.5, 0.6) is 0 Å². The van der Waals surface area contributed by atoms with E-state index >= 15 is 0 Å². The molecule has 0 spiro atoms. The third-order valence-electron chi connectivity index (χ3n) is 4.50. The maximum atomic E-state index is 11.4. The van der Waals surface area contributed by atoms with Gasteiger partial charge in [-0.05, 0) is 6.42 Å². The fraction of sp³-hybridized carbons (Fsp3) is 0.950. The first kappa shape index (κ1) is 24.4. The Morgan fingerprint density at radius 1 is 0.800 bits per heavy atom. The summed E-state index contributed by atoms with van der Waals surface area (Å²) in [7, 11) is 0. The fourth-order valence-corrected chi connectivity index (χ4v) is 2.92. The van der Waals surface area contributed by atoms with E-state index in [4.69, 9.17) is 10.8 Å². The molecule has 0 aliphatic carbocycles. The number of unbranched alkanes of at least 4 members (excludes halogenated alkanes) is 14. The van der Waals surface area contributed by atoms with Gasteiger partial charge in [-0.2, -0.15) is 0 Å². The molecule has 0 aromatic heterocycles. The summed E-state index contributed by atoms with van der Waals surface area (Å²) in [4.78, 5) is 11.4. The predicted molar refractivity (Wildman–Crippen MR) is 102 cm³/mol. The van der Waals surface area contributed by atoms with E-state index in [9.17, 15) is 9.90 Å². The highest BCUT2D eigenvalue weighted by Gasteiger charge is 2.24. The summed E-state index contributed by atoms with van der Waals surface area (Å²) < 4.78 is 4.55. The van der Waals surface area contributed by atoms with Gasteiger partial charge in [0.05, 0.1) is 0 Å². The van der Waals surface area contributed by atoms with E-state index in [1.165, 1.54) is 77.0 Å². The van der Waals surface area contributed by atoms with Crippen LogP contribution in [0.25, 0.3) is 0 Å². The standard InChI is InChI=1S/C20H41NO4/c1-2-3-4-5-6-7-8-9-10-11-12-13-14-15-16-17-19(23)25-20(21,24)18-22/h22,24H,2-18,21H2,1H3. The number of hydrogen-bond donors (Lipinski definition) is 3. The van der Waals surface area contributed by atoms with Gasteiger partial charge in [-0.25, -0.2) is 0 Å². The summed E-state index contributed by atoms with van der Waals surface area (Å²) in [5, 5.41) is 17.9. The molecule has 0 saturated carbocycles. The van der Waals surface area contributed by atoms with E-state index in [0.29, 0.717) is 0 Å². The topological polar surface area (TPSA) is 92.8 Å². The van der Waals surface area contributed by atoms with E-state index in [1.54, 1.807) is 0 Å². The van der Waals surface area contributed by atoms with Crippen molar-refractivity contribution in [2.24, 2.45) is 5.73 Å². The Bertz CT molecular complexity index is 308. The number of ether oxygens (including phenoxy) is 1. The van der Waals surface area contributed by atoms with Crippen molar-refractivity contribution < 1.29 is 19.7 Å². The molecule has 4 N–H and O–H groups in total. The van der Waals surface area contributed by atoms with Gasteiger partial charge in [-0.3, -0.25) is 10.5 Å². The molecule has 5 heteroatoms. The lowest BCUT2D eigenvalue weighted by atomic mass is 10.0. The second kappa shape index (κ2) is 16.8. The number of esters is 1. The van der Waals surface area contributed by atoms with Crippen LogP contribution in [0.3, 0.4) is 0 Å². The monoisotopic (exact) mass is 359 g/mol. The zero-order valence-corrected chi connectivity index (χ0v) is 16.3. The Labute approximate surface area is 154 Å². The number of carbonyl (C=O) groups is 1. The molecule has 150 valence electrons. The zero-order chi connectivity index (χ0) is 18.8. The van der Waals surface area contributed by atoms with Gasteiger partial charge in [0.15, 0.2) is 0 Å². The van der Waals surface area contributed by atoms with Crippen molar-refractivity contribution in [1.29, 1.82) is 0 Å². The maximum absolute atomic E-state index is 11.4. The molecule has 0 bridgehead atoms. The van der Waals surface area contributed by atoms with E-state index in [1.807, 2.05) is 0 Å². The summed E-state index contributed by atoms with van der Waals surface area (Å²) in [6, 6.07) is 0. The molecule has 0 aromatic carbocycles. The van der Waals surface area contributed by atoms with Crippen molar-refractivity contribution in [3.05, 3.63) is 0 Å². The Morgan fingerprint density at radius 3 is 1.52 bits per heavy atom. The van der Waals surface area contributed by atoms with Crippen molar-refractivity contribution in [2.45, 2.75) is 116 Å². The lowest BCUT2D eigenvalue weighted by Crippen LogP contribution is -2.47. The molecule has 0 aliphatic heterocycles. The van der Waals surface area contributed by atoms with Crippen molar-refractivity contribution in [2.75, 3.05) is 6.61 Å². The predicted octanol–water partition coefficient (Wildman–Crippen LogP) is 4.39. The first-order valence-electron chi connectivity index (χ1n) is 10.4. The first-order valence-corrected chi connectivity index (χ1v) is 10.4. The van der Waals surface area contributed by atoms with Crippen molar-refractivity contribution in [1.82, 2.24) is 0 Å². The van der Waals surface area contributed by atoms with Crippen LogP contribution in [0.15, 0.2) is 0 Å². The Hall–Kier alpha value is -0.650. The van der Waals surface area contributed by atoms with Crippen molar-refractivity contribution in [3.63, 3.8) is 0 Å².